The van der Waals surface area contributed by atoms with Crippen LogP contribution in [0.25, 0.3) is 0 Å². The molecule has 0 radical (unpaired) electrons. The zero-order chi connectivity index (χ0) is 21.3. The van der Waals surface area contributed by atoms with Gasteiger partial charge < -0.3 is 15.2 Å². The quantitative estimate of drug-likeness (QED) is 0.454. The van der Waals surface area contributed by atoms with E-state index in [1.54, 1.807) is 0 Å². The SMILES string of the molecule is CCCOc1ccc(C(CC(N)=O)c2ccc(OCc3ccccc3)cc2)cc1Cl. The lowest BCUT2D eigenvalue weighted by Gasteiger charge is -2.18. The molecule has 3 rings (SSSR count). The minimum Gasteiger partial charge on any atom is -0.492 e. The topological polar surface area (TPSA) is 61.5 Å². The summed E-state index contributed by atoms with van der Waals surface area (Å²) in [5, 5.41) is 0.526. The van der Waals surface area contributed by atoms with Crippen LogP contribution >= 0.6 is 11.6 Å². The van der Waals surface area contributed by atoms with Crippen LogP contribution in [-0.4, -0.2) is 12.5 Å². The summed E-state index contributed by atoms with van der Waals surface area (Å²) in [5.74, 6) is 0.849. The molecule has 0 fully saturated rings. The normalized spacial score (nSPS) is 11.7. The van der Waals surface area contributed by atoms with E-state index < -0.39 is 0 Å². The largest absolute Gasteiger partial charge is 0.492 e. The maximum atomic E-state index is 11.7. The molecule has 3 aromatic carbocycles. The van der Waals surface area contributed by atoms with Gasteiger partial charge in [-0.2, -0.15) is 0 Å². The number of hydrogen-bond acceptors (Lipinski definition) is 3. The predicted molar refractivity (Wildman–Crippen MR) is 120 cm³/mol. The van der Waals surface area contributed by atoms with Gasteiger partial charge in [-0.25, -0.2) is 0 Å². The van der Waals surface area contributed by atoms with Gasteiger partial charge in [-0.15, -0.1) is 0 Å². The number of nitrogens with two attached hydrogens (primary N) is 1. The molecule has 5 heteroatoms. The maximum Gasteiger partial charge on any atom is 0.218 e. The molecule has 0 aliphatic heterocycles. The molecule has 0 saturated heterocycles. The number of amides is 1. The summed E-state index contributed by atoms with van der Waals surface area (Å²) < 4.78 is 11.5. The fourth-order valence-corrected chi connectivity index (χ4v) is 3.47. The number of primary amides is 1. The molecule has 156 valence electrons. The van der Waals surface area contributed by atoms with Crippen molar-refractivity contribution in [2.24, 2.45) is 5.73 Å². The number of halogens is 1. The van der Waals surface area contributed by atoms with E-state index in [0.717, 1.165) is 28.9 Å². The minimum atomic E-state index is -0.369. The molecule has 4 nitrogen and oxygen atoms in total. The molecule has 0 bridgehead atoms. The number of hydrogen-bond donors (Lipinski definition) is 1. The van der Waals surface area contributed by atoms with E-state index in [-0.39, 0.29) is 18.2 Å². The lowest BCUT2D eigenvalue weighted by molar-refractivity contribution is -0.118. The van der Waals surface area contributed by atoms with Crippen molar-refractivity contribution in [3.63, 3.8) is 0 Å². The van der Waals surface area contributed by atoms with E-state index in [4.69, 9.17) is 26.8 Å². The van der Waals surface area contributed by atoms with E-state index in [1.807, 2.05) is 79.7 Å². The van der Waals surface area contributed by atoms with Crippen LogP contribution in [-0.2, 0) is 11.4 Å². The highest BCUT2D eigenvalue weighted by molar-refractivity contribution is 6.32. The molecule has 1 atom stereocenters. The van der Waals surface area contributed by atoms with Crippen molar-refractivity contribution in [2.45, 2.75) is 32.3 Å². The van der Waals surface area contributed by atoms with E-state index in [2.05, 4.69) is 0 Å². The molecular formula is C25H26ClNO3. The maximum absolute atomic E-state index is 11.7. The molecular weight excluding hydrogens is 398 g/mol. The van der Waals surface area contributed by atoms with Crippen LogP contribution in [0.3, 0.4) is 0 Å². The summed E-state index contributed by atoms with van der Waals surface area (Å²) in [4.78, 5) is 11.7. The van der Waals surface area contributed by atoms with Crippen LogP contribution in [0.4, 0.5) is 0 Å². The summed E-state index contributed by atoms with van der Waals surface area (Å²) in [6.45, 7) is 3.15. The van der Waals surface area contributed by atoms with Crippen LogP contribution in [0.5, 0.6) is 11.5 Å². The Labute approximate surface area is 182 Å². The standard InChI is InChI=1S/C25H26ClNO3/c1-2-14-29-24-13-10-20(15-23(24)26)22(16-25(27)28)19-8-11-21(12-9-19)30-17-18-6-4-3-5-7-18/h3-13,15,22H,2,14,16-17H2,1H3,(H2,27,28). The van der Waals surface area contributed by atoms with Gasteiger partial charge >= 0.3 is 0 Å². The first-order valence-electron chi connectivity index (χ1n) is 10.0. The average molecular weight is 424 g/mol. The Morgan fingerprint density at radius 3 is 2.30 bits per heavy atom. The molecule has 2 N–H and O–H groups in total. The number of ether oxygens (including phenoxy) is 2. The summed E-state index contributed by atoms with van der Waals surface area (Å²) >= 11 is 6.40. The van der Waals surface area contributed by atoms with E-state index in [9.17, 15) is 4.79 Å². The van der Waals surface area contributed by atoms with Gasteiger partial charge in [0.2, 0.25) is 5.91 Å². The van der Waals surface area contributed by atoms with Crippen LogP contribution in [0, 0.1) is 0 Å². The predicted octanol–water partition coefficient (Wildman–Crippen LogP) is 5.72. The lowest BCUT2D eigenvalue weighted by atomic mass is 9.88. The average Bonchev–Trinajstić information content (AvgIpc) is 2.76. The van der Waals surface area contributed by atoms with E-state index in [0.29, 0.717) is 24.0 Å². The Hall–Kier alpha value is -2.98. The van der Waals surface area contributed by atoms with Crippen molar-refractivity contribution in [3.05, 3.63) is 94.5 Å². The zero-order valence-electron chi connectivity index (χ0n) is 17.0. The van der Waals surface area contributed by atoms with Crippen molar-refractivity contribution in [1.29, 1.82) is 0 Å². The third-order valence-electron chi connectivity index (χ3n) is 4.76. The monoisotopic (exact) mass is 423 g/mol. The third kappa shape index (κ3) is 6.01. The van der Waals surface area contributed by atoms with Crippen LogP contribution in [0.1, 0.15) is 42.4 Å². The molecule has 0 spiro atoms. The first-order chi connectivity index (χ1) is 14.6. The summed E-state index contributed by atoms with van der Waals surface area (Å²) in [6, 6.07) is 23.4. The summed E-state index contributed by atoms with van der Waals surface area (Å²) in [7, 11) is 0. The van der Waals surface area contributed by atoms with Crippen LogP contribution < -0.4 is 15.2 Å². The highest BCUT2D eigenvalue weighted by Crippen LogP contribution is 2.34. The molecule has 0 aliphatic rings. The fraction of sp³-hybridized carbons (Fsp3) is 0.240. The number of rotatable bonds is 10. The highest BCUT2D eigenvalue weighted by Gasteiger charge is 2.18. The van der Waals surface area contributed by atoms with Crippen molar-refractivity contribution in [1.82, 2.24) is 0 Å². The Bertz CT molecular complexity index is 958. The van der Waals surface area contributed by atoms with Gasteiger partial charge in [0.1, 0.15) is 18.1 Å². The van der Waals surface area contributed by atoms with E-state index in [1.165, 1.54) is 0 Å². The van der Waals surface area contributed by atoms with Gasteiger partial charge in [-0.3, -0.25) is 4.79 Å². The number of benzene rings is 3. The molecule has 0 aromatic heterocycles. The van der Waals surface area contributed by atoms with Gasteiger partial charge in [0.05, 0.1) is 11.6 Å². The van der Waals surface area contributed by atoms with Crippen molar-refractivity contribution in [2.75, 3.05) is 6.61 Å². The van der Waals surface area contributed by atoms with Gasteiger partial charge in [0, 0.05) is 12.3 Å². The zero-order valence-corrected chi connectivity index (χ0v) is 17.8. The lowest BCUT2D eigenvalue weighted by Crippen LogP contribution is -2.16. The number of carbonyl (C=O) groups excluding carboxylic acids is 1. The first kappa shape index (κ1) is 21.7. The van der Waals surface area contributed by atoms with Gasteiger partial charge in [0.25, 0.3) is 0 Å². The smallest absolute Gasteiger partial charge is 0.218 e. The van der Waals surface area contributed by atoms with Crippen molar-refractivity contribution < 1.29 is 14.3 Å². The van der Waals surface area contributed by atoms with E-state index >= 15 is 0 Å². The first-order valence-corrected chi connectivity index (χ1v) is 10.4. The minimum absolute atomic E-state index is 0.190. The Morgan fingerprint density at radius 2 is 1.67 bits per heavy atom. The Balaban J connectivity index is 1.76. The third-order valence-corrected chi connectivity index (χ3v) is 5.05. The Kier molecular flexibility index (Phi) is 7.75. The molecule has 0 saturated carbocycles. The molecule has 30 heavy (non-hydrogen) atoms. The van der Waals surface area contributed by atoms with Gasteiger partial charge in [-0.05, 0) is 47.4 Å². The number of carbonyl (C=O) groups is 1. The molecule has 0 heterocycles. The highest BCUT2D eigenvalue weighted by atomic mass is 35.5. The van der Waals surface area contributed by atoms with Gasteiger partial charge in [0.15, 0.2) is 0 Å². The Morgan fingerprint density at radius 1 is 0.967 bits per heavy atom. The van der Waals surface area contributed by atoms with Crippen molar-refractivity contribution >= 4 is 17.5 Å². The van der Waals surface area contributed by atoms with Gasteiger partial charge in [-0.1, -0.05) is 67.1 Å². The van der Waals surface area contributed by atoms with Crippen molar-refractivity contribution in [3.8, 4) is 11.5 Å². The summed E-state index contributed by atoms with van der Waals surface area (Å²) in [5.41, 5.74) is 8.52. The second-order valence-corrected chi connectivity index (χ2v) is 7.51. The molecule has 1 amide bonds. The second-order valence-electron chi connectivity index (χ2n) is 7.10. The second kappa shape index (κ2) is 10.7. The van der Waals surface area contributed by atoms with Crippen LogP contribution in [0.15, 0.2) is 72.8 Å². The molecule has 3 aromatic rings. The fourth-order valence-electron chi connectivity index (χ4n) is 3.23. The van der Waals surface area contributed by atoms with Crippen LogP contribution in [0.2, 0.25) is 5.02 Å². The molecule has 0 aliphatic carbocycles. The summed E-state index contributed by atoms with van der Waals surface area (Å²) in [6.07, 6.45) is 1.09. The molecule has 1 unspecified atom stereocenters.